The van der Waals surface area contributed by atoms with Crippen molar-refractivity contribution in [3.8, 4) is 0 Å². The molecule has 1 fully saturated rings. The second-order valence-corrected chi connectivity index (χ2v) is 7.53. The van der Waals surface area contributed by atoms with E-state index in [1.807, 2.05) is 14.1 Å². The standard InChI is InChI=1S/C19H39N5O/c1-7-20-18(21-13-14-24(8-2)16(3)4)22-15-19(11-9-10-12-19)17(25)23(5)6/h16H,7-15H2,1-6H3,(H2,20,21,22). The van der Waals surface area contributed by atoms with Gasteiger partial charge in [-0.15, -0.1) is 0 Å². The second-order valence-electron chi connectivity index (χ2n) is 7.53. The Hall–Kier alpha value is -1.30. The van der Waals surface area contributed by atoms with Crippen molar-refractivity contribution in [3.05, 3.63) is 0 Å². The molecule has 6 nitrogen and oxygen atoms in total. The van der Waals surface area contributed by atoms with E-state index in [-0.39, 0.29) is 11.3 Å². The fourth-order valence-corrected chi connectivity index (χ4v) is 3.64. The Bertz CT molecular complexity index is 428. The van der Waals surface area contributed by atoms with Gasteiger partial charge < -0.3 is 15.5 Å². The van der Waals surface area contributed by atoms with Gasteiger partial charge in [0.1, 0.15) is 0 Å². The van der Waals surface area contributed by atoms with Crippen molar-refractivity contribution in [1.29, 1.82) is 0 Å². The van der Waals surface area contributed by atoms with Crippen LogP contribution in [0.15, 0.2) is 4.99 Å². The van der Waals surface area contributed by atoms with Crippen LogP contribution in [0, 0.1) is 5.41 Å². The van der Waals surface area contributed by atoms with Crippen molar-refractivity contribution < 1.29 is 4.79 Å². The number of aliphatic imine (C=N–C) groups is 1. The van der Waals surface area contributed by atoms with E-state index in [9.17, 15) is 4.79 Å². The van der Waals surface area contributed by atoms with Crippen LogP contribution in [0.25, 0.3) is 0 Å². The lowest BCUT2D eigenvalue weighted by Gasteiger charge is -2.29. The molecule has 25 heavy (non-hydrogen) atoms. The van der Waals surface area contributed by atoms with Crippen LogP contribution >= 0.6 is 0 Å². The molecule has 0 spiro atoms. The maximum absolute atomic E-state index is 12.7. The number of hydrogen-bond acceptors (Lipinski definition) is 3. The van der Waals surface area contributed by atoms with Gasteiger partial charge in [-0.2, -0.15) is 0 Å². The number of nitrogens with zero attached hydrogens (tertiary/aromatic N) is 3. The van der Waals surface area contributed by atoms with E-state index in [1.54, 1.807) is 4.90 Å². The predicted molar refractivity (Wildman–Crippen MR) is 106 cm³/mol. The van der Waals surface area contributed by atoms with Crippen LogP contribution in [-0.2, 0) is 4.79 Å². The normalized spacial score (nSPS) is 17.2. The van der Waals surface area contributed by atoms with Crippen molar-refractivity contribution in [2.45, 2.75) is 59.4 Å². The number of carbonyl (C=O) groups excluding carboxylic acids is 1. The Morgan fingerprint density at radius 2 is 1.80 bits per heavy atom. The predicted octanol–water partition coefficient (Wildman–Crippen LogP) is 1.92. The molecule has 6 heteroatoms. The number of carbonyl (C=O) groups is 1. The van der Waals surface area contributed by atoms with Crippen LogP contribution in [0.1, 0.15) is 53.4 Å². The highest BCUT2D eigenvalue weighted by molar-refractivity contribution is 5.84. The lowest BCUT2D eigenvalue weighted by molar-refractivity contribution is -0.138. The third-order valence-corrected chi connectivity index (χ3v) is 5.13. The lowest BCUT2D eigenvalue weighted by atomic mass is 9.85. The summed E-state index contributed by atoms with van der Waals surface area (Å²) in [7, 11) is 3.70. The van der Waals surface area contributed by atoms with Gasteiger partial charge in [0.2, 0.25) is 5.91 Å². The number of amides is 1. The first-order valence-electron chi connectivity index (χ1n) is 9.84. The Morgan fingerprint density at radius 3 is 2.28 bits per heavy atom. The number of likely N-dealkylation sites (N-methyl/N-ethyl adjacent to an activating group) is 1. The quantitative estimate of drug-likeness (QED) is 0.491. The fourth-order valence-electron chi connectivity index (χ4n) is 3.64. The minimum Gasteiger partial charge on any atom is -0.357 e. The van der Waals surface area contributed by atoms with Crippen LogP contribution in [-0.4, -0.2) is 74.5 Å². The summed E-state index contributed by atoms with van der Waals surface area (Å²) in [6.45, 7) is 13.0. The molecule has 1 aliphatic rings. The number of rotatable bonds is 9. The topological polar surface area (TPSA) is 60.0 Å². The highest BCUT2D eigenvalue weighted by Gasteiger charge is 2.42. The molecule has 0 atom stereocenters. The van der Waals surface area contributed by atoms with Gasteiger partial charge >= 0.3 is 0 Å². The number of nitrogens with one attached hydrogen (secondary N) is 2. The first-order valence-corrected chi connectivity index (χ1v) is 9.84. The van der Waals surface area contributed by atoms with Gasteiger partial charge in [0.05, 0.1) is 12.0 Å². The third kappa shape index (κ3) is 6.49. The average Bonchev–Trinajstić information content (AvgIpc) is 3.05. The van der Waals surface area contributed by atoms with Crippen LogP contribution in [0.2, 0.25) is 0 Å². The van der Waals surface area contributed by atoms with Crippen molar-refractivity contribution in [3.63, 3.8) is 0 Å². The number of hydrogen-bond donors (Lipinski definition) is 2. The van der Waals surface area contributed by atoms with E-state index < -0.39 is 0 Å². The van der Waals surface area contributed by atoms with Crippen molar-refractivity contribution >= 4 is 11.9 Å². The van der Waals surface area contributed by atoms with E-state index in [0.717, 1.165) is 57.8 Å². The first kappa shape index (κ1) is 21.7. The van der Waals surface area contributed by atoms with E-state index in [2.05, 4.69) is 43.2 Å². The molecular weight excluding hydrogens is 314 g/mol. The third-order valence-electron chi connectivity index (χ3n) is 5.13. The Labute approximate surface area is 154 Å². The van der Waals surface area contributed by atoms with Gasteiger partial charge in [-0.05, 0) is 40.2 Å². The molecule has 0 heterocycles. The van der Waals surface area contributed by atoms with Gasteiger partial charge in [-0.3, -0.25) is 14.7 Å². The van der Waals surface area contributed by atoms with Crippen LogP contribution in [0.4, 0.5) is 0 Å². The van der Waals surface area contributed by atoms with Crippen LogP contribution in [0.3, 0.4) is 0 Å². The maximum Gasteiger partial charge on any atom is 0.230 e. The zero-order valence-corrected chi connectivity index (χ0v) is 17.2. The summed E-state index contributed by atoms with van der Waals surface area (Å²) in [6.07, 6.45) is 4.14. The summed E-state index contributed by atoms with van der Waals surface area (Å²) in [5.74, 6) is 1.04. The molecular formula is C19H39N5O. The van der Waals surface area contributed by atoms with Gasteiger partial charge in [-0.1, -0.05) is 19.8 Å². The highest BCUT2D eigenvalue weighted by Crippen LogP contribution is 2.39. The molecule has 2 N–H and O–H groups in total. The molecule has 0 radical (unpaired) electrons. The summed E-state index contributed by atoms with van der Waals surface area (Å²) < 4.78 is 0. The van der Waals surface area contributed by atoms with E-state index >= 15 is 0 Å². The molecule has 1 amide bonds. The van der Waals surface area contributed by atoms with E-state index in [4.69, 9.17) is 4.99 Å². The van der Waals surface area contributed by atoms with Gasteiger partial charge in [0.25, 0.3) is 0 Å². The summed E-state index contributed by atoms with van der Waals surface area (Å²) >= 11 is 0. The fraction of sp³-hybridized carbons (Fsp3) is 0.895. The van der Waals surface area contributed by atoms with Crippen LogP contribution < -0.4 is 10.6 Å². The first-order chi connectivity index (χ1) is 11.9. The zero-order valence-electron chi connectivity index (χ0n) is 17.2. The summed E-state index contributed by atoms with van der Waals surface area (Å²) in [4.78, 5) is 21.6. The minimum atomic E-state index is -0.306. The second kappa shape index (κ2) is 10.6. The molecule has 1 rings (SSSR count). The molecule has 0 aromatic heterocycles. The molecule has 0 bridgehead atoms. The molecule has 146 valence electrons. The summed E-state index contributed by atoms with van der Waals surface area (Å²) in [6, 6.07) is 0.547. The molecule has 1 aliphatic carbocycles. The molecule has 1 saturated carbocycles. The smallest absolute Gasteiger partial charge is 0.230 e. The maximum atomic E-state index is 12.7. The largest absolute Gasteiger partial charge is 0.357 e. The molecule has 0 aromatic rings. The summed E-state index contributed by atoms with van der Waals surface area (Å²) in [5, 5.41) is 6.73. The average molecular weight is 354 g/mol. The van der Waals surface area contributed by atoms with Gasteiger partial charge in [0.15, 0.2) is 5.96 Å². The molecule has 0 aromatic carbocycles. The monoisotopic (exact) mass is 353 g/mol. The van der Waals surface area contributed by atoms with E-state index in [1.165, 1.54) is 0 Å². The SMILES string of the molecule is CCNC(=NCC1(C(=O)N(C)C)CCCC1)NCCN(CC)C(C)C. The van der Waals surface area contributed by atoms with Crippen molar-refractivity contribution in [1.82, 2.24) is 20.4 Å². The van der Waals surface area contributed by atoms with Crippen molar-refractivity contribution in [2.75, 3.05) is 46.8 Å². The Balaban J connectivity index is 2.68. The number of guanidine groups is 1. The Kier molecular flexibility index (Phi) is 9.25. The zero-order chi connectivity index (χ0) is 18.9. The molecule has 0 unspecified atom stereocenters. The molecule has 0 saturated heterocycles. The van der Waals surface area contributed by atoms with Gasteiger partial charge in [0, 0.05) is 39.8 Å². The summed E-state index contributed by atoms with van der Waals surface area (Å²) in [5.41, 5.74) is -0.306. The van der Waals surface area contributed by atoms with Crippen molar-refractivity contribution in [2.24, 2.45) is 10.4 Å². The van der Waals surface area contributed by atoms with Crippen LogP contribution in [0.5, 0.6) is 0 Å². The molecule has 0 aliphatic heterocycles. The van der Waals surface area contributed by atoms with E-state index in [0.29, 0.717) is 12.6 Å². The Morgan fingerprint density at radius 1 is 1.16 bits per heavy atom. The lowest BCUT2D eigenvalue weighted by Crippen LogP contribution is -2.45. The highest BCUT2D eigenvalue weighted by atomic mass is 16.2. The minimum absolute atomic E-state index is 0.224. The van der Waals surface area contributed by atoms with Gasteiger partial charge in [-0.25, -0.2) is 0 Å².